The quantitative estimate of drug-likeness (QED) is 0.358. The number of halogens is 1. The first-order valence-electron chi connectivity index (χ1n) is 15.2. The van der Waals surface area contributed by atoms with Gasteiger partial charge in [-0.1, -0.05) is 70.2 Å². The third-order valence-electron chi connectivity index (χ3n) is 8.10. The lowest BCUT2D eigenvalue weighted by molar-refractivity contribution is -0.0451. The van der Waals surface area contributed by atoms with Crippen molar-refractivity contribution >= 4 is 11.8 Å². The van der Waals surface area contributed by atoms with Crippen molar-refractivity contribution in [1.82, 2.24) is 19.7 Å². The average molecular weight is 589 g/mol. The molecule has 2 atom stereocenters. The number of nitrogens with zero attached hydrogens (tertiary/aromatic N) is 3. The van der Waals surface area contributed by atoms with Gasteiger partial charge in [0.15, 0.2) is 11.4 Å². The van der Waals surface area contributed by atoms with E-state index in [4.69, 9.17) is 4.74 Å². The van der Waals surface area contributed by atoms with Crippen molar-refractivity contribution in [1.29, 1.82) is 0 Å². The highest BCUT2D eigenvalue weighted by molar-refractivity contribution is 5.99. The molecule has 2 aliphatic heterocycles. The van der Waals surface area contributed by atoms with Crippen molar-refractivity contribution in [3.63, 3.8) is 0 Å². The lowest BCUT2D eigenvalue weighted by Crippen LogP contribution is -2.65. The Morgan fingerprint density at radius 3 is 2.40 bits per heavy atom. The number of nitrogens with one attached hydrogen (secondary N) is 1. The number of rotatable bonds is 10. The van der Waals surface area contributed by atoms with Crippen LogP contribution in [0.1, 0.15) is 72.5 Å². The van der Waals surface area contributed by atoms with Crippen LogP contribution in [0.5, 0.6) is 5.75 Å². The first-order chi connectivity index (χ1) is 20.6. The van der Waals surface area contributed by atoms with Gasteiger partial charge in [-0.2, -0.15) is 0 Å². The van der Waals surface area contributed by atoms with Gasteiger partial charge in [0.25, 0.3) is 11.8 Å². The summed E-state index contributed by atoms with van der Waals surface area (Å²) in [6.07, 6.45) is 3.04. The van der Waals surface area contributed by atoms with Crippen LogP contribution in [0, 0.1) is 17.7 Å². The number of carbonyl (C=O) groups is 2. The lowest BCUT2D eigenvalue weighted by Gasteiger charge is -2.52. The van der Waals surface area contributed by atoms with Crippen molar-refractivity contribution in [3.8, 4) is 5.75 Å². The maximum absolute atomic E-state index is 14.4. The van der Waals surface area contributed by atoms with Gasteiger partial charge in [0.05, 0.1) is 6.54 Å². The molecule has 43 heavy (non-hydrogen) atoms. The third-order valence-corrected chi connectivity index (χ3v) is 8.10. The molecule has 1 aromatic heterocycles. The molecule has 1 fully saturated rings. The van der Waals surface area contributed by atoms with Gasteiger partial charge in [-0.3, -0.25) is 19.3 Å². The molecule has 0 radical (unpaired) electrons. The number of ether oxygens (including phenoxy) is 1. The van der Waals surface area contributed by atoms with Gasteiger partial charge in [-0.05, 0) is 47.9 Å². The van der Waals surface area contributed by atoms with Gasteiger partial charge >= 0.3 is 0 Å². The molecule has 2 amide bonds. The second-order valence-corrected chi connectivity index (χ2v) is 12.4. The zero-order valence-corrected chi connectivity index (χ0v) is 25.4. The molecule has 0 saturated carbocycles. The molecule has 2 aromatic carbocycles. The second-order valence-electron chi connectivity index (χ2n) is 12.4. The Balaban J connectivity index is 1.54. The molecule has 2 aliphatic rings. The van der Waals surface area contributed by atoms with Crippen molar-refractivity contribution in [3.05, 3.63) is 99.2 Å². The van der Waals surface area contributed by atoms with Crippen LogP contribution < -0.4 is 15.5 Å². The molecule has 2 unspecified atom stereocenters. The molecule has 1 saturated heterocycles. The second kappa shape index (κ2) is 13.1. The van der Waals surface area contributed by atoms with Crippen LogP contribution in [0.25, 0.3) is 0 Å². The average Bonchev–Trinajstić information content (AvgIpc) is 2.97. The normalized spacial score (nSPS) is 18.5. The first-order valence-corrected chi connectivity index (χ1v) is 15.2. The molecular weight excluding hydrogens is 547 g/mol. The van der Waals surface area contributed by atoms with Crippen LogP contribution in [-0.2, 0) is 19.7 Å². The molecule has 0 bridgehead atoms. The summed E-state index contributed by atoms with van der Waals surface area (Å²) in [6.45, 7) is 11.0. The highest BCUT2D eigenvalue weighted by atomic mass is 19.1. The van der Waals surface area contributed by atoms with Gasteiger partial charge in [0.1, 0.15) is 24.2 Å². The zero-order chi connectivity index (χ0) is 30.7. The summed E-state index contributed by atoms with van der Waals surface area (Å²) in [5.41, 5.74) is 1.00. The highest BCUT2D eigenvalue weighted by Crippen LogP contribution is 2.34. The van der Waals surface area contributed by atoms with E-state index in [1.165, 1.54) is 18.3 Å². The van der Waals surface area contributed by atoms with Gasteiger partial charge in [0, 0.05) is 31.9 Å². The number of aromatic nitrogens is 1. The number of benzene rings is 2. The predicted octanol–water partition coefficient (Wildman–Crippen LogP) is 5.05. The Kier molecular flexibility index (Phi) is 9.30. The fourth-order valence-electron chi connectivity index (χ4n) is 6.19. The van der Waals surface area contributed by atoms with Crippen molar-refractivity contribution in [2.75, 3.05) is 13.1 Å². The minimum absolute atomic E-state index is 0.0467. The molecule has 3 heterocycles. The Labute approximate surface area is 252 Å². The molecule has 1 N–H and O–H groups in total. The minimum atomic E-state index is -0.623. The number of carbonyl (C=O) groups excluding carboxylic acids is 2. The van der Waals surface area contributed by atoms with Gasteiger partial charge in [-0.25, -0.2) is 4.39 Å². The van der Waals surface area contributed by atoms with E-state index in [1.54, 1.807) is 16.7 Å². The van der Waals surface area contributed by atoms with Crippen LogP contribution >= 0.6 is 0 Å². The number of amides is 2. The van der Waals surface area contributed by atoms with Crippen LogP contribution in [0.2, 0.25) is 0 Å². The Morgan fingerprint density at radius 1 is 1.00 bits per heavy atom. The summed E-state index contributed by atoms with van der Waals surface area (Å²) >= 11 is 0. The largest absolute Gasteiger partial charge is 0.483 e. The maximum atomic E-state index is 14.4. The Bertz CT molecular complexity index is 1500. The fraction of sp³-hybridized carbons (Fsp3) is 0.441. The monoisotopic (exact) mass is 588 g/mol. The van der Waals surface area contributed by atoms with E-state index in [2.05, 4.69) is 37.9 Å². The van der Waals surface area contributed by atoms with Crippen molar-refractivity contribution in [2.45, 2.75) is 72.4 Å². The third kappa shape index (κ3) is 6.82. The van der Waals surface area contributed by atoms with Crippen LogP contribution in [0.4, 0.5) is 4.39 Å². The number of hydrogen-bond donors (Lipinski definition) is 1. The zero-order valence-electron chi connectivity index (χ0n) is 25.4. The highest BCUT2D eigenvalue weighted by Gasteiger charge is 2.45. The van der Waals surface area contributed by atoms with E-state index in [1.807, 2.05) is 35.2 Å². The SMILES string of the molecule is CC(C)CC1CCN(CC(C)C)C2Cn3cc(C(=O)NCc4ccc(F)cc4)c(=O)c(OCc4ccccc4)c3C(=O)N12. The maximum Gasteiger partial charge on any atom is 0.276 e. The van der Waals surface area contributed by atoms with Crippen LogP contribution in [0.3, 0.4) is 0 Å². The number of pyridine rings is 1. The van der Waals surface area contributed by atoms with Gasteiger partial charge < -0.3 is 19.5 Å². The summed E-state index contributed by atoms with van der Waals surface area (Å²) in [5.74, 6) is -0.484. The van der Waals surface area contributed by atoms with E-state index in [0.29, 0.717) is 23.9 Å². The van der Waals surface area contributed by atoms with E-state index in [-0.39, 0.29) is 54.1 Å². The summed E-state index contributed by atoms with van der Waals surface area (Å²) < 4.78 is 21.2. The molecular formula is C34H41FN4O4. The van der Waals surface area contributed by atoms with Gasteiger partial charge in [0.2, 0.25) is 5.43 Å². The van der Waals surface area contributed by atoms with E-state index in [9.17, 15) is 18.8 Å². The van der Waals surface area contributed by atoms with E-state index < -0.39 is 11.3 Å². The first kappa shape index (κ1) is 30.5. The molecule has 228 valence electrons. The van der Waals surface area contributed by atoms with Crippen LogP contribution in [0.15, 0.2) is 65.6 Å². The van der Waals surface area contributed by atoms with Crippen molar-refractivity contribution in [2.24, 2.45) is 11.8 Å². The summed E-state index contributed by atoms with van der Waals surface area (Å²) in [4.78, 5) is 46.0. The molecule has 9 heteroatoms. The molecule has 0 aliphatic carbocycles. The molecule has 8 nitrogen and oxygen atoms in total. The summed E-state index contributed by atoms with van der Waals surface area (Å²) in [7, 11) is 0. The summed E-state index contributed by atoms with van der Waals surface area (Å²) in [6, 6.07) is 15.3. The topological polar surface area (TPSA) is 83.9 Å². The Morgan fingerprint density at radius 2 is 1.72 bits per heavy atom. The van der Waals surface area contributed by atoms with Crippen LogP contribution in [-0.4, -0.2) is 51.5 Å². The van der Waals surface area contributed by atoms with E-state index >= 15 is 0 Å². The van der Waals surface area contributed by atoms with E-state index in [0.717, 1.165) is 31.5 Å². The lowest BCUT2D eigenvalue weighted by atomic mass is 9.94. The Hall–Kier alpha value is -3.98. The molecule has 5 rings (SSSR count). The summed E-state index contributed by atoms with van der Waals surface area (Å²) in [5, 5.41) is 2.78. The van der Waals surface area contributed by atoms with Crippen molar-refractivity contribution < 1.29 is 18.7 Å². The smallest absolute Gasteiger partial charge is 0.276 e. The standard InChI is InChI=1S/C34H41FN4O4/c1-22(2)16-27-14-15-37(18-23(3)4)29-20-38-19-28(33(41)36-17-24-10-12-26(35)13-11-24)31(40)32(30(38)34(42)39(27)29)43-21-25-8-6-5-7-9-25/h5-13,19,22-23,27,29H,14-18,20-21H2,1-4H3,(H,36,41). The minimum Gasteiger partial charge on any atom is -0.483 e. The molecule has 0 spiro atoms. The molecule has 3 aromatic rings. The number of fused-ring (bicyclic) bond motifs is 2. The fourth-order valence-corrected chi connectivity index (χ4v) is 6.19. The predicted molar refractivity (Wildman–Crippen MR) is 163 cm³/mol. The number of hydrogen-bond acceptors (Lipinski definition) is 5. The van der Waals surface area contributed by atoms with Gasteiger partial charge in [-0.15, -0.1) is 0 Å².